The molecule has 1 amide bonds. The fourth-order valence-corrected chi connectivity index (χ4v) is 3.22. The number of benzene rings is 3. The number of aliphatic hydroxyl groups excluding tert-OH is 1. The summed E-state index contributed by atoms with van der Waals surface area (Å²) >= 11 is 0. The summed E-state index contributed by atoms with van der Waals surface area (Å²) in [5.41, 5.74) is 5.03. The number of H-pyrrole nitrogens is 1. The SMILES string of the molecule is O=C(Cc1ccc2c(c1)[nH]c1ccccc12)NCc1ccc(CO)cc1. The Hall–Kier alpha value is -3.11. The van der Waals surface area contributed by atoms with Gasteiger partial charge in [0.05, 0.1) is 13.0 Å². The molecule has 0 unspecified atom stereocenters. The van der Waals surface area contributed by atoms with Crippen LogP contribution in [0.15, 0.2) is 66.7 Å². The Balaban J connectivity index is 1.44. The van der Waals surface area contributed by atoms with Crippen LogP contribution in [0.25, 0.3) is 21.8 Å². The molecule has 4 heteroatoms. The van der Waals surface area contributed by atoms with E-state index in [1.54, 1.807) is 0 Å². The van der Waals surface area contributed by atoms with Crippen LogP contribution in [0.4, 0.5) is 0 Å². The number of hydrogen-bond donors (Lipinski definition) is 3. The molecule has 4 rings (SSSR count). The largest absolute Gasteiger partial charge is 0.392 e. The molecule has 0 aliphatic rings. The van der Waals surface area contributed by atoms with Gasteiger partial charge in [0.2, 0.25) is 5.91 Å². The molecule has 3 N–H and O–H groups in total. The third-order valence-corrected chi connectivity index (χ3v) is 4.63. The lowest BCUT2D eigenvalue weighted by Gasteiger charge is -2.06. The number of rotatable bonds is 5. The van der Waals surface area contributed by atoms with Crippen LogP contribution in [0.5, 0.6) is 0 Å². The first-order valence-electron chi connectivity index (χ1n) is 8.67. The topological polar surface area (TPSA) is 65.1 Å². The molecule has 0 saturated heterocycles. The molecule has 0 fully saturated rings. The number of nitrogens with one attached hydrogen (secondary N) is 2. The maximum atomic E-state index is 12.3. The maximum absolute atomic E-state index is 12.3. The minimum atomic E-state index is -0.00769. The number of carbonyl (C=O) groups excluding carboxylic acids is 1. The summed E-state index contributed by atoms with van der Waals surface area (Å²) in [6.45, 7) is 0.516. The summed E-state index contributed by atoms with van der Waals surface area (Å²) < 4.78 is 0. The van der Waals surface area contributed by atoms with Gasteiger partial charge in [-0.3, -0.25) is 4.79 Å². The fourth-order valence-electron chi connectivity index (χ4n) is 3.22. The molecule has 0 radical (unpaired) electrons. The lowest BCUT2D eigenvalue weighted by Crippen LogP contribution is -2.24. The average molecular weight is 344 g/mol. The van der Waals surface area contributed by atoms with Crippen LogP contribution in [0.1, 0.15) is 16.7 Å². The highest BCUT2D eigenvalue weighted by Gasteiger charge is 2.07. The summed E-state index contributed by atoms with van der Waals surface area (Å²) in [7, 11) is 0. The molecule has 0 bridgehead atoms. The number of para-hydroxylation sites is 1. The molecule has 0 aliphatic heterocycles. The Morgan fingerprint density at radius 2 is 1.54 bits per heavy atom. The summed E-state index contributed by atoms with van der Waals surface area (Å²) in [6, 6.07) is 21.9. The number of hydrogen-bond acceptors (Lipinski definition) is 2. The molecular weight excluding hydrogens is 324 g/mol. The monoisotopic (exact) mass is 344 g/mol. The van der Waals surface area contributed by atoms with Gasteiger partial charge in [-0.2, -0.15) is 0 Å². The van der Waals surface area contributed by atoms with Crippen LogP contribution in [0.3, 0.4) is 0 Å². The van der Waals surface area contributed by atoms with Gasteiger partial charge in [-0.25, -0.2) is 0 Å². The maximum Gasteiger partial charge on any atom is 0.224 e. The standard InChI is InChI=1S/C22H20N2O2/c25-14-16-7-5-15(6-8-16)13-23-22(26)12-17-9-10-19-18-3-1-2-4-20(18)24-21(19)11-17/h1-11,24-25H,12-14H2,(H,23,26). The van der Waals surface area contributed by atoms with Crippen molar-refractivity contribution < 1.29 is 9.90 Å². The highest BCUT2D eigenvalue weighted by molar-refractivity contribution is 6.07. The molecule has 26 heavy (non-hydrogen) atoms. The zero-order valence-electron chi connectivity index (χ0n) is 14.3. The summed E-state index contributed by atoms with van der Waals surface area (Å²) in [5.74, 6) is -0.00769. The molecule has 0 spiro atoms. The normalized spacial score (nSPS) is 11.1. The van der Waals surface area contributed by atoms with Gasteiger partial charge in [0.15, 0.2) is 0 Å². The van der Waals surface area contributed by atoms with Gasteiger partial charge in [0, 0.05) is 28.4 Å². The predicted octanol–water partition coefficient (Wildman–Crippen LogP) is 3.67. The number of aromatic amines is 1. The third kappa shape index (κ3) is 3.32. The van der Waals surface area contributed by atoms with Crippen LogP contribution < -0.4 is 5.32 Å². The van der Waals surface area contributed by atoms with E-state index in [0.717, 1.165) is 27.7 Å². The van der Waals surface area contributed by atoms with E-state index < -0.39 is 0 Å². The van der Waals surface area contributed by atoms with Crippen molar-refractivity contribution in [2.45, 2.75) is 19.6 Å². The van der Waals surface area contributed by atoms with Gasteiger partial charge in [0.1, 0.15) is 0 Å². The van der Waals surface area contributed by atoms with Gasteiger partial charge >= 0.3 is 0 Å². The number of amides is 1. The van der Waals surface area contributed by atoms with Crippen molar-refractivity contribution in [1.29, 1.82) is 0 Å². The molecule has 4 nitrogen and oxygen atoms in total. The molecule has 4 aromatic rings. The van der Waals surface area contributed by atoms with Crippen molar-refractivity contribution in [3.05, 3.63) is 83.4 Å². The molecule has 0 aliphatic carbocycles. The second-order valence-electron chi connectivity index (χ2n) is 6.48. The Morgan fingerprint density at radius 3 is 2.35 bits per heavy atom. The number of aromatic nitrogens is 1. The first kappa shape index (κ1) is 16.4. The minimum absolute atomic E-state index is 0.00769. The van der Waals surface area contributed by atoms with Gasteiger partial charge < -0.3 is 15.4 Å². The molecule has 1 aromatic heterocycles. The van der Waals surface area contributed by atoms with Gasteiger partial charge in [-0.1, -0.05) is 54.6 Å². The van der Waals surface area contributed by atoms with Gasteiger partial charge in [-0.05, 0) is 28.8 Å². The molecule has 0 saturated carbocycles. The van der Waals surface area contributed by atoms with Crippen LogP contribution >= 0.6 is 0 Å². The molecule has 1 heterocycles. The Labute approximate surface area is 151 Å². The zero-order valence-corrected chi connectivity index (χ0v) is 14.3. The quantitative estimate of drug-likeness (QED) is 0.517. The van der Waals surface area contributed by atoms with Crippen LogP contribution in [-0.2, 0) is 24.4 Å². The fraction of sp³-hybridized carbons (Fsp3) is 0.136. The van der Waals surface area contributed by atoms with Crippen molar-refractivity contribution in [2.75, 3.05) is 0 Å². The molecule has 0 atom stereocenters. The van der Waals surface area contributed by atoms with Crippen molar-refractivity contribution in [2.24, 2.45) is 0 Å². The third-order valence-electron chi connectivity index (χ3n) is 4.63. The highest BCUT2D eigenvalue weighted by Crippen LogP contribution is 2.25. The van der Waals surface area contributed by atoms with E-state index in [0.29, 0.717) is 13.0 Å². The van der Waals surface area contributed by atoms with E-state index in [4.69, 9.17) is 5.11 Å². The van der Waals surface area contributed by atoms with E-state index in [2.05, 4.69) is 28.5 Å². The Bertz CT molecular complexity index is 1060. The van der Waals surface area contributed by atoms with E-state index in [9.17, 15) is 4.79 Å². The van der Waals surface area contributed by atoms with Crippen LogP contribution in [0, 0.1) is 0 Å². The minimum Gasteiger partial charge on any atom is -0.392 e. The van der Waals surface area contributed by atoms with Gasteiger partial charge in [-0.15, -0.1) is 0 Å². The van der Waals surface area contributed by atoms with E-state index in [1.807, 2.05) is 48.5 Å². The lowest BCUT2D eigenvalue weighted by molar-refractivity contribution is -0.120. The molecular formula is C22H20N2O2. The molecule has 130 valence electrons. The number of fused-ring (bicyclic) bond motifs is 3. The number of aliphatic hydroxyl groups is 1. The van der Waals surface area contributed by atoms with Crippen molar-refractivity contribution in [3.8, 4) is 0 Å². The van der Waals surface area contributed by atoms with Crippen molar-refractivity contribution in [1.82, 2.24) is 10.3 Å². The Morgan fingerprint density at radius 1 is 0.846 bits per heavy atom. The smallest absolute Gasteiger partial charge is 0.224 e. The lowest BCUT2D eigenvalue weighted by atomic mass is 10.1. The number of carbonyl (C=O) groups is 1. The second-order valence-corrected chi connectivity index (χ2v) is 6.48. The van der Waals surface area contributed by atoms with Crippen molar-refractivity contribution >= 4 is 27.7 Å². The summed E-state index contributed by atoms with van der Waals surface area (Å²) in [4.78, 5) is 15.7. The van der Waals surface area contributed by atoms with Crippen LogP contribution in [-0.4, -0.2) is 16.0 Å². The first-order valence-corrected chi connectivity index (χ1v) is 8.67. The average Bonchev–Trinajstić information content (AvgIpc) is 3.04. The van der Waals surface area contributed by atoms with E-state index in [1.165, 1.54) is 10.8 Å². The van der Waals surface area contributed by atoms with Crippen LogP contribution in [0.2, 0.25) is 0 Å². The molecule has 3 aromatic carbocycles. The first-order chi connectivity index (χ1) is 12.7. The summed E-state index contributed by atoms with van der Waals surface area (Å²) in [5, 5.41) is 14.4. The predicted molar refractivity (Wildman–Crippen MR) is 104 cm³/mol. The van der Waals surface area contributed by atoms with E-state index >= 15 is 0 Å². The Kier molecular flexibility index (Phi) is 4.42. The summed E-state index contributed by atoms with van der Waals surface area (Å²) in [6.07, 6.45) is 0.347. The highest BCUT2D eigenvalue weighted by atomic mass is 16.3. The second kappa shape index (κ2) is 7.02. The van der Waals surface area contributed by atoms with Crippen molar-refractivity contribution in [3.63, 3.8) is 0 Å². The zero-order chi connectivity index (χ0) is 17.9. The van der Waals surface area contributed by atoms with E-state index in [-0.39, 0.29) is 12.5 Å². The van der Waals surface area contributed by atoms with Gasteiger partial charge in [0.25, 0.3) is 0 Å².